The highest BCUT2D eigenvalue weighted by atomic mass is 16.5. The van der Waals surface area contributed by atoms with Crippen LogP contribution in [0.15, 0.2) is 84.6 Å². The molecule has 2 N–H and O–H groups in total. The number of methoxy groups -OCH3 is 1. The van der Waals surface area contributed by atoms with Gasteiger partial charge in [-0.3, -0.25) is 9.59 Å². The molecule has 1 fully saturated rings. The van der Waals surface area contributed by atoms with Crippen molar-refractivity contribution in [3.63, 3.8) is 0 Å². The molecular weight excluding hydrogens is 468 g/mol. The van der Waals surface area contributed by atoms with Crippen LogP contribution in [0, 0.1) is 6.92 Å². The molecule has 0 bridgehead atoms. The van der Waals surface area contributed by atoms with Gasteiger partial charge in [0.05, 0.1) is 24.3 Å². The highest BCUT2D eigenvalue weighted by Gasteiger charge is 2.45. The van der Waals surface area contributed by atoms with E-state index in [0.29, 0.717) is 23.1 Å². The van der Waals surface area contributed by atoms with Crippen molar-refractivity contribution >= 4 is 34.3 Å². The van der Waals surface area contributed by atoms with Crippen LogP contribution in [0.1, 0.15) is 38.7 Å². The van der Waals surface area contributed by atoms with Crippen molar-refractivity contribution in [1.82, 2.24) is 9.88 Å². The largest absolute Gasteiger partial charge is 0.507 e. The van der Waals surface area contributed by atoms with E-state index >= 15 is 0 Å². The van der Waals surface area contributed by atoms with Crippen LogP contribution in [-0.4, -0.2) is 46.3 Å². The number of H-pyrrole nitrogens is 1. The van der Waals surface area contributed by atoms with E-state index in [0.717, 1.165) is 22.0 Å². The Morgan fingerprint density at radius 3 is 2.35 bits per heavy atom. The first kappa shape index (κ1) is 24.1. The van der Waals surface area contributed by atoms with Gasteiger partial charge in [0.15, 0.2) is 0 Å². The average Bonchev–Trinajstić information content (AvgIpc) is 3.45. The number of aliphatic hydroxyl groups excluding tert-OH is 1. The quantitative estimate of drug-likeness (QED) is 0.171. The molecule has 7 nitrogen and oxygen atoms in total. The summed E-state index contributed by atoms with van der Waals surface area (Å²) < 4.78 is 4.79. The third kappa shape index (κ3) is 4.40. The first-order chi connectivity index (χ1) is 17.9. The molecule has 1 aliphatic rings. The molecule has 4 aromatic rings. The second-order valence-electron chi connectivity index (χ2n) is 9.08. The molecule has 0 saturated carbocycles. The number of carbonyl (C=O) groups excluding carboxylic acids is 3. The summed E-state index contributed by atoms with van der Waals surface area (Å²) >= 11 is 0. The van der Waals surface area contributed by atoms with Crippen molar-refractivity contribution in [2.75, 3.05) is 13.7 Å². The number of aliphatic hydroxyl groups is 1. The fourth-order valence-electron chi connectivity index (χ4n) is 4.82. The van der Waals surface area contributed by atoms with Crippen LogP contribution in [0.4, 0.5) is 0 Å². The number of para-hydroxylation sites is 1. The van der Waals surface area contributed by atoms with Crippen LogP contribution < -0.4 is 0 Å². The molecule has 1 saturated heterocycles. The number of carbonyl (C=O) groups is 3. The Labute approximate surface area is 214 Å². The number of benzene rings is 3. The van der Waals surface area contributed by atoms with Gasteiger partial charge in [-0.05, 0) is 42.7 Å². The minimum Gasteiger partial charge on any atom is -0.507 e. The summed E-state index contributed by atoms with van der Waals surface area (Å²) in [5, 5.41) is 12.3. The molecular formula is C30H26N2O5. The van der Waals surface area contributed by atoms with Crippen LogP contribution in [0.3, 0.4) is 0 Å². The number of ketones is 1. The molecule has 1 atom stereocenters. The molecule has 1 amide bonds. The number of aryl methyl sites for hydroxylation is 1. The van der Waals surface area contributed by atoms with Gasteiger partial charge in [-0.2, -0.15) is 0 Å². The van der Waals surface area contributed by atoms with E-state index in [1.54, 1.807) is 36.4 Å². The van der Waals surface area contributed by atoms with Gasteiger partial charge in [0.25, 0.3) is 11.7 Å². The number of esters is 1. The van der Waals surface area contributed by atoms with E-state index in [4.69, 9.17) is 4.74 Å². The number of likely N-dealkylation sites (tertiary alicyclic amines) is 1. The Bertz CT molecular complexity index is 1530. The second kappa shape index (κ2) is 9.78. The smallest absolute Gasteiger partial charge is 0.337 e. The number of aromatic nitrogens is 1. The Hall–Kier alpha value is -4.65. The lowest BCUT2D eigenvalue weighted by molar-refractivity contribution is -0.139. The minimum absolute atomic E-state index is 0.0265. The summed E-state index contributed by atoms with van der Waals surface area (Å²) in [6.45, 7) is 2.19. The molecule has 1 unspecified atom stereocenters. The van der Waals surface area contributed by atoms with E-state index in [9.17, 15) is 19.5 Å². The maximum Gasteiger partial charge on any atom is 0.337 e. The zero-order chi connectivity index (χ0) is 26.1. The Morgan fingerprint density at radius 1 is 0.973 bits per heavy atom. The molecule has 1 aromatic heterocycles. The topological polar surface area (TPSA) is 99.7 Å². The molecule has 2 heterocycles. The predicted molar refractivity (Wildman–Crippen MR) is 140 cm³/mol. The first-order valence-corrected chi connectivity index (χ1v) is 12.0. The van der Waals surface area contributed by atoms with E-state index in [1.807, 2.05) is 49.5 Å². The van der Waals surface area contributed by atoms with Gasteiger partial charge in [0, 0.05) is 29.2 Å². The van der Waals surface area contributed by atoms with Crippen molar-refractivity contribution in [3.05, 3.63) is 112 Å². The van der Waals surface area contributed by atoms with E-state index in [-0.39, 0.29) is 17.9 Å². The molecule has 0 aliphatic carbocycles. The zero-order valence-corrected chi connectivity index (χ0v) is 20.5. The van der Waals surface area contributed by atoms with Crippen LogP contribution in [-0.2, 0) is 20.7 Å². The lowest BCUT2D eigenvalue weighted by Crippen LogP contribution is -2.31. The maximum atomic E-state index is 13.3. The van der Waals surface area contributed by atoms with Gasteiger partial charge in [-0.25, -0.2) is 4.79 Å². The van der Waals surface area contributed by atoms with Crippen molar-refractivity contribution in [2.24, 2.45) is 0 Å². The molecule has 3 aromatic carbocycles. The monoisotopic (exact) mass is 494 g/mol. The standard InChI is InChI=1S/C30H26N2O5/c1-18-7-9-20(10-8-18)27(33)25-26(19-11-13-21(14-12-19)30(36)37-2)32(29(35)28(25)34)16-15-22-17-31-24-6-4-3-5-23(22)24/h3-14,17,26,31,33H,15-16H2,1-2H3. The molecule has 37 heavy (non-hydrogen) atoms. The minimum atomic E-state index is -0.807. The third-order valence-electron chi connectivity index (χ3n) is 6.81. The van der Waals surface area contributed by atoms with E-state index in [2.05, 4.69) is 4.98 Å². The molecule has 5 rings (SSSR count). The lowest BCUT2D eigenvalue weighted by atomic mass is 9.94. The number of aromatic amines is 1. The number of hydrogen-bond acceptors (Lipinski definition) is 5. The molecule has 0 spiro atoms. The number of nitrogens with one attached hydrogen (secondary N) is 1. The predicted octanol–water partition coefficient (Wildman–Crippen LogP) is 4.93. The summed E-state index contributed by atoms with van der Waals surface area (Å²) in [6.07, 6.45) is 2.42. The fraction of sp³-hybridized carbons (Fsp3) is 0.167. The third-order valence-corrected chi connectivity index (χ3v) is 6.81. The SMILES string of the molecule is COC(=O)c1ccc(C2C(=C(O)c3ccc(C)cc3)C(=O)C(=O)N2CCc2c[nH]c3ccccc23)cc1. The van der Waals surface area contributed by atoms with Crippen molar-refractivity contribution in [2.45, 2.75) is 19.4 Å². The number of amides is 1. The van der Waals surface area contributed by atoms with Crippen molar-refractivity contribution < 1.29 is 24.2 Å². The first-order valence-electron chi connectivity index (χ1n) is 12.0. The van der Waals surface area contributed by atoms with Gasteiger partial charge in [-0.1, -0.05) is 60.2 Å². The fourth-order valence-corrected chi connectivity index (χ4v) is 4.82. The molecule has 7 heteroatoms. The Kier molecular flexibility index (Phi) is 6.36. The van der Waals surface area contributed by atoms with Crippen LogP contribution in [0.25, 0.3) is 16.7 Å². The molecule has 0 radical (unpaired) electrons. The number of rotatable bonds is 6. The van der Waals surface area contributed by atoms with Gasteiger partial charge < -0.3 is 19.7 Å². The Balaban J connectivity index is 1.56. The highest BCUT2D eigenvalue weighted by molar-refractivity contribution is 6.46. The normalized spacial score (nSPS) is 16.9. The average molecular weight is 495 g/mol. The van der Waals surface area contributed by atoms with E-state index < -0.39 is 23.7 Å². The summed E-state index contributed by atoms with van der Waals surface area (Å²) in [5.41, 5.74) is 4.46. The highest BCUT2D eigenvalue weighted by Crippen LogP contribution is 2.39. The lowest BCUT2D eigenvalue weighted by Gasteiger charge is -2.25. The van der Waals surface area contributed by atoms with Gasteiger partial charge >= 0.3 is 5.97 Å². The second-order valence-corrected chi connectivity index (χ2v) is 9.08. The van der Waals surface area contributed by atoms with Crippen LogP contribution in [0.5, 0.6) is 0 Å². The summed E-state index contributed by atoms with van der Waals surface area (Å²) in [4.78, 5) is 43.3. The maximum absolute atomic E-state index is 13.3. The number of Topliss-reactive ketones (excluding diaryl/α,β-unsaturated/α-hetero) is 1. The Morgan fingerprint density at radius 2 is 1.65 bits per heavy atom. The molecule has 1 aliphatic heterocycles. The van der Waals surface area contributed by atoms with Gasteiger partial charge in [-0.15, -0.1) is 0 Å². The van der Waals surface area contributed by atoms with Crippen LogP contribution in [0.2, 0.25) is 0 Å². The van der Waals surface area contributed by atoms with Crippen LogP contribution >= 0.6 is 0 Å². The molecule has 186 valence electrons. The number of ether oxygens (including phenoxy) is 1. The van der Waals surface area contributed by atoms with E-state index in [1.165, 1.54) is 12.0 Å². The van der Waals surface area contributed by atoms with Gasteiger partial charge in [0.1, 0.15) is 5.76 Å². The summed E-state index contributed by atoms with van der Waals surface area (Å²) in [6, 6.07) is 20.8. The van der Waals surface area contributed by atoms with Crippen molar-refractivity contribution in [3.8, 4) is 0 Å². The summed E-state index contributed by atoms with van der Waals surface area (Å²) in [7, 11) is 1.30. The number of nitrogens with zero attached hydrogens (tertiary/aromatic N) is 1. The number of hydrogen-bond donors (Lipinski definition) is 2. The number of fused-ring (bicyclic) bond motifs is 1. The summed E-state index contributed by atoms with van der Waals surface area (Å²) in [5.74, 6) is -2.12. The van der Waals surface area contributed by atoms with Gasteiger partial charge in [0.2, 0.25) is 0 Å². The zero-order valence-electron chi connectivity index (χ0n) is 20.5. The van der Waals surface area contributed by atoms with Crippen molar-refractivity contribution in [1.29, 1.82) is 0 Å².